The van der Waals surface area contributed by atoms with E-state index in [2.05, 4.69) is 20.0 Å². The Labute approximate surface area is 117 Å². The molecule has 0 aliphatic rings. The number of alkyl halides is 3. The molecule has 1 heterocycles. The van der Waals surface area contributed by atoms with Crippen molar-refractivity contribution >= 4 is 5.82 Å². The summed E-state index contributed by atoms with van der Waals surface area (Å²) < 4.78 is 54.8. The first-order chi connectivity index (χ1) is 9.81. The first kappa shape index (κ1) is 15.0. The summed E-state index contributed by atoms with van der Waals surface area (Å²) in [5.74, 6) is -1.26. The Bertz CT molecular complexity index is 658. The summed E-state index contributed by atoms with van der Waals surface area (Å²) >= 11 is 0. The summed E-state index contributed by atoms with van der Waals surface area (Å²) in [7, 11) is 1.45. The van der Waals surface area contributed by atoms with Gasteiger partial charge in [0.15, 0.2) is 17.5 Å². The van der Waals surface area contributed by atoms with Crippen molar-refractivity contribution in [3.8, 4) is 17.1 Å². The van der Waals surface area contributed by atoms with Crippen LogP contribution < -0.4 is 10.1 Å². The molecule has 0 atom stereocenters. The van der Waals surface area contributed by atoms with E-state index >= 15 is 0 Å². The average molecular weight is 301 g/mol. The molecular formula is C13H11F4N3O. The average Bonchev–Trinajstić information content (AvgIpc) is 2.40. The third-order valence-electron chi connectivity index (χ3n) is 2.61. The SMILES string of the molecule is CNc1nc(-c2ccccc2OC(F)(F)F)nc(C)c1F. The molecule has 0 saturated carbocycles. The zero-order valence-corrected chi connectivity index (χ0v) is 11.1. The standard InChI is InChI=1S/C13H11F4N3O/c1-7-10(14)12(18-2)20-11(19-7)8-5-3-4-6-9(8)21-13(15,16)17/h3-6H,1-2H3,(H,18,19,20). The summed E-state index contributed by atoms with van der Waals surface area (Å²) in [5.41, 5.74) is 0.0422. The van der Waals surface area contributed by atoms with E-state index in [1.54, 1.807) is 0 Å². The van der Waals surface area contributed by atoms with Crippen LogP contribution in [0.25, 0.3) is 11.4 Å². The van der Waals surface area contributed by atoms with Crippen molar-refractivity contribution in [3.63, 3.8) is 0 Å². The summed E-state index contributed by atoms with van der Waals surface area (Å²) in [6, 6.07) is 5.41. The fraction of sp³-hybridized carbons (Fsp3) is 0.231. The van der Waals surface area contributed by atoms with E-state index in [-0.39, 0.29) is 22.9 Å². The molecule has 0 fully saturated rings. The van der Waals surface area contributed by atoms with E-state index in [9.17, 15) is 17.6 Å². The third-order valence-corrected chi connectivity index (χ3v) is 2.61. The second-order valence-electron chi connectivity index (χ2n) is 4.09. The molecule has 8 heteroatoms. The molecule has 21 heavy (non-hydrogen) atoms. The number of ether oxygens (including phenoxy) is 1. The Morgan fingerprint density at radius 3 is 2.43 bits per heavy atom. The lowest BCUT2D eigenvalue weighted by molar-refractivity contribution is -0.274. The third kappa shape index (κ3) is 3.39. The van der Waals surface area contributed by atoms with Gasteiger partial charge >= 0.3 is 6.36 Å². The van der Waals surface area contributed by atoms with Crippen LogP contribution in [0.3, 0.4) is 0 Å². The highest BCUT2D eigenvalue weighted by atomic mass is 19.4. The Morgan fingerprint density at radius 2 is 1.81 bits per heavy atom. The highest BCUT2D eigenvalue weighted by molar-refractivity contribution is 5.65. The number of nitrogens with zero attached hydrogens (tertiary/aromatic N) is 2. The zero-order valence-electron chi connectivity index (χ0n) is 11.1. The molecule has 0 aliphatic carbocycles. The lowest BCUT2D eigenvalue weighted by Crippen LogP contribution is -2.17. The number of halogens is 4. The van der Waals surface area contributed by atoms with Crippen molar-refractivity contribution in [1.82, 2.24) is 9.97 Å². The van der Waals surface area contributed by atoms with Gasteiger partial charge < -0.3 is 10.1 Å². The molecule has 1 N–H and O–H groups in total. The van der Waals surface area contributed by atoms with Crippen LogP contribution in [0.1, 0.15) is 5.69 Å². The number of anilines is 1. The second-order valence-corrected chi connectivity index (χ2v) is 4.09. The molecule has 1 aromatic carbocycles. The van der Waals surface area contributed by atoms with Gasteiger partial charge in [-0.05, 0) is 19.1 Å². The monoisotopic (exact) mass is 301 g/mol. The van der Waals surface area contributed by atoms with Crippen LogP contribution in [0, 0.1) is 12.7 Å². The normalized spacial score (nSPS) is 11.3. The summed E-state index contributed by atoms with van der Waals surface area (Å²) in [4.78, 5) is 7.74. The number of hydrogen-bond acceptors (Lipinski definition) is 4. The molecule has 0 bridgehead atoms. The van der Waals surface area contributed by atoms with E-state index in [4.69, 9.17) is 0 Å². The van der Waals surface area contributed by atoms with Crippen LogP contribution in [0.5, 0.6) is 5.75 Å². The first-order valence-electron chi connectivity index (χ1n) is 5.89. The minimum Gasteiger partial charge on any atom is -0.405 e. The highest BCUT2D eigenvalue weighted by Gasteiger charge is 2.32. The van der Waals surface area contributed by atoms with Crippen molar-refractivity contribution in [2.24, 2.45) is 0 Å². The zero-order chi connectivity index (χ0) is 15.6. The molecule has 0 radical (unpaired) electrons. The fourth-order valence-electron chi connectivity index (χ4n) is 1.71. The molecule has 0 amide bonds. The maximum Gasteiger partial charge on any atom is 0.573 e. The predicted octanol–water partition coefficient (Wildman–Crippen LogP) is 3.53. The van der Waals surface area contributed by atoms with Crippen LogP contribution in [0.4, 0.5) is 23.4 Å². The maximum atomic E-state index is 13.7. The summed E-state index contributed by atoms with van der Waals surface area (Å²) in [5, 5.41) is 2.52. The van der Waals surface area contributed by atoms with Crippen LogP contribution in [-0.4, -0.2) is 23.4 Å². The van der Waals surface area contributed by atoms with Crippen molar-refractivity contribution in [3.05, 3.63) is 35.8 Å². The van der Waals surface area contributed by atoms with Gasteiger partial charge in [-0.15, -0.1) is 13.2 Å². The van der Waals surface area contributed by atoms with E-state index in [0.717, 1.165) is 6.07 Å². The predicted molar refractivity (Wildman–Crippen MR) is 68.4 cm³/mol. The summed E-state index contributed by atoms with van der Waals surface area (Å²) in [6.07, 6.45) is -4.84. The minimum atomic E-state index is -4.84. The second kappa shape index (κ2) is 5.55. The Kier molecular flexibility index (Phi) is 3.97. The number of rotatable bonds is 3. The van der Waals surface area contributed by atoms with Crippen LogP contribution in [0.15, 0.2) is 24.3 Å². The van der Waals surface area contributed by atoms with Gasteiger partial charge in [0.2, 0.25) is 0 Å². The summed E-state index contributed by atoms with van der Waals surface area (Å²) in [6.45, 7) is 1.40. The van der Waals surface area contributed by atoms with Gasteiger partial charge in [-0.3, -0.25) is 0 Å². The van der Waals surface area contributed by atoms with Gasteiger partial charge in [0.05, 0.1) is 11.3 Å². The maximum absolute atomic E-state index is 13.7. The number of nitrogens with one attached hydrogen (secondary N) is 1. The van der Waals surface area contributed by atoms with Gasteiger partial charge in [-0.2, -0.15) is 0 Å². The molecule has 0 saturated heterocycles. The van der Waals surface area contributed by atoms with E-state index in [1.165, 1.54) is 32.2 Å². The van der Waals surface area contributed by atoms with Crippen molar-refractivity contribution in [1.29, 1.82) is 0 Å². The smallest absolute Gasteiger partial charge is 0.405 e. The Morgan fingerprint density at radius 1 is 1.14 bits per heavy atom. The van der Waals surface area contributed by atoms with Gasteiger partial charge in [-0.25, -0.2) is 14.4 Å². The number of para-hydroxylation sites is 1. The molecule has 4 nitrogen and oxygen atoms in total. The number of benzene rings is 1. The molecule has 112 valence electrons. The van der Waals surface area contributed by atoms with Gasteiger partial charge in [-0.1, -0.05) is 12.1 Å². The largest absolute Gasteiger partial charge is 0.573 e. The van der Waals surface area contributed by atoms with Crippen LogP contribution in [-0.2, 0) is 0 Å². The molecule has 0 spiro atoms. The number of hydrogen-bond donors (Lipinski definition) is 1. The lowest BCUT2D eigenvalue weighted by atomic mass is 10.2. The molecule has 2 aromatic rings. The number of aryl methyl sites for hydroxylation is 1. The first-order valence-corrected chi connectivity index (χ1v) is 5.89. The molecule has 2 rings (SSSR count). The van der Waals surface area contributed by atoms with Gasteiger partial charge in [0, 0.05) is 7.05 Å². The minimum absolute atomic E-state index is 0.0196. The molecule has 1 aromatic heterocycles. The lowest BCUT2D eigenvalue weighted by Gasteiger charge is -2.13. The van der Waals surface area contributed by atoms with E-state index < -0.39 is 17.9 Å². The van der Waals surface area contributed by atoms with Crippen molar-refractivity contribution in [2.75, 3.05) is 12.4 Å². The molecular weight excluding hydrogens is 290 g/mol. The van der Waals surface area contributed by atoms with Crippen LogP contribution in [0.2, 0.25) is 0 Å². The van der Waals surface area contributed by atoms with E-state index in [1.807, 2.05) is 0 Å². The fourth-order valence-corrected chi connectivity index (χ4v) is 1.71. The number of aromatic nitrogens is 2. The highest BCUT2D eigenvalue weighted by Crippen LogP contribution is 2.32. The van der Waals surface area contributed by atoms with Gasteiger partial charge in [0.25, 0.3) is 0 Å². The van der Waals surface area contributed by atoms with Crippen molar-refractivity contribution < 1.29 is 22.3 Å². The topological polar surface area (TPSA) is 47.0 Å². The molecule has 0 unspecified atom stereocenters. The van der Waals surface area contributed by atoms with Crippen LogP contribution >= 0.6 is 0 Å². The van der Waals surface area contributed by atoms with E-state index in [0.29, 0.717) is 0 Å². The van der Waals surface area contributed by atoms with Crippen molar-refractivity contribution in [2.45, 2.75) is 13.3 Å². The van der Waals surface area contributed by atoms with Gasteiger partial charge in [0.1, 0.15) is 5.75 Å². The quantitative estimate of drug-likeness (QED) is 0.881. The Hall–Kier alpha value is -2.38. The Balaban J connectivity index is 2.55. The molecule has 0 aliphatic heterocycles.